The van der Waals surface area contributed by atoms with E-state index < -0.39 is 12.0 Å². The highest BCUT2D eigenvalue weighted by Crippen LogP contribution is 2.25. The molecule has 2 rings (SSSR count). The highest BCUT2D eigenvalue weighted by atomic mass is 16.4. The van der Waals surface area contributed by atoms with Crippen LogP contribution in [0.4, 0.5) is 0 Å². The van der Waals surface area contributed by atoms with Gasteiger partial charge >= 0.3 is 5.97 Å². The third-order valence-electron chi connectivity index (χ3n) is 3.45. The van der Waals surface area contributed by atoms with E-state index in [1.165, 1.54) is 12.1 Å². The molecule has 0 fully saturated rings. The van der Waals surface area contributed by atoms with Gasteiger partial charge in [-0.05, 0) is 29.7 Å². The Hall–Kier alpha value is -2.86. The van der Waals surface area contributed by atoms with Gasteiger partial charge in [0.25, 0.3) is 0 Å². The Kier molecular flexibility index (Phi) is 5.32. The van der Waals surface area contributed by atoms with Gasteiger partial charge in [-0.15, -0.1) is 0 Å². The molecule has 0 radical (unpaired) electrons. The zero-order valence-corrected chi connectivity index (χ0v) is 12.3. The summed E-state index contributed by atoms with van der Waals surface area (Å²) in [4.78, 5) is 22.0. The summed E-state index contributed by atoms with van der Waals surface area (Å²) < 4.78 is 0. The van der Waals surface area contributed by atoms with Crippen molar-refractivity contribution in [3.05, 3.63) is 59.2 Å². The number of phenols is 2. The van der Waals surface area contributed by atoms with Crippen molar-refractivity contribution < 1.29 is 24.9 Å². The molecule has 0 amide bonds. The number of nitrogens with one attached hydrogen (secondary N) is 1. The van der Waals surface area contributed by atoms with Crippen LogP contribution in [0.15, 0.2) is 42.5 Å². The average molecular weight is 315 g/mol. The summed E-state index contributed by atoms with van der Waals surface area (Å²) in [6.45, 7) is 0.334. The lowest BCUT2D eigenvalue weighted by Crippen LogP contribution is -2.38. The average Bonchev–Trinajstić information content (AvgIpc) is 2.55. The maximum Gasteiger partial charge on any atom is 0.321 e. The predicted molar refractivity (Wildman–Crippen MR) is 83.6 cm³/mol. The number of benzene rings is 2. The Balaban J connectivity index is 2.01. The number of carbonyl (C=O) groups excluding carboxylic acids is 1. The second-order valence-corrected chi connectivity index (χ2v) is 5.16. The van der Waals surface area contributed by atoms with E-state index in [1.807, 2.05) is 0 Å². The second-order valence-electron chi connectivity index (χ2n) is 5.16. The Morgan fingerprint density at radius 3 is 2.26 bits per heavy atom. The van der Waals surface area contributed by atoms with Crippen LogP contribution in [0.1, 0.15) is 21.5 Å². The number of carbonyl (C=O) groups is 2. The summed E-state index contributed by atoms with van der Waals surface area (Å²) in [6.07, 6.45) is 0.907. The summed E-state index contributed by atoms with van der Waals surface area (Å²) in [7, 11) is 0. The molecule has 23 heavy (non-hydrogen) atoms. The maximum absolute atomic E-state index is 11.4. The number of aliphatic carboxylic acids is 1. The minimum atomic E-state index is -1.01. The van der Waals surface area contributed by atoms with Crippen LogP contribution >= 0.6 is 0 Å². The number of hydrogen-bond acceptors (Lipinski definition) is 5. The van der Waals surface area contributed by atoms with Gasteiger partial charge in [0.1, 0.15) is 12.3 Å². The molecule has 0 bridgehead atoms. The largest absolute Gasteiger partial charge is 0.504 e. The van der Waals surface area contributed by atoms with Gasteiger partial charge < -0.3 is 20.6 Å². The molecule has 4 N–H and O–H groups in total. The van der Waals surface area contributed by atoms with Crippen LogP contribution in [0.5, 0.6) is 11.5 Å². The van der Waals surface area contributed by atoms with Crippen molar-refractivity contribution in [1.82, 2.24) is 5.32 Å². The molecule has 2 aromatic carbocycles. The molecule has 0 aliphatic carbocycles. The zero-order chi connectivity index (χ0) is 16.8. The van der Waals surface area contributed by atoms with E-state index in [1.54, 1.807) is 30.3 Å². The van der Waals surface area contributed by atoms with Crippen LogP contribution in [0.2, 0.25) is 0 Å². The smallest absolute Gasteiger partial charge is 0.321 e. The molecule has 6 nitrogen and oxygen atoms in total. The normalized spacial score (nSPS) is 11.8. The Bertz CT molecular complexity index is 697. The number of carboxylic acid groups (broad SMARTS) is 1. The zero-order valence-electron chi connectivity index (χ0n) is 12.3. The van der Waals surface area contributed by atoms with E-state index in [0.29, 0.717) is 17.7 Å². The lowest BCUT2D eigenvalue weighted by Gasteiger charge is -2.15. The first-order valence-corrected chi connectivity index (χ1v) is 7.00. The molecule has 0 spiro atoms. The first kappa shape index (κ1) is 16.5. The number of hydrogen-bond donors (Lipinski definition) is 4. The van der Waals surface area contributed by atoms with Gasteiger partial charge in [-0.2, -0.15) is 0 Å². The van der Waals surface area contributed by atoms with Crippen LogP contribution < -0.4 is 5.32 Å². The number of carboxylic acids is 1. The summed E-state index contributed by atoms with van der Waals surface area (Å²) in [5, 5.41) is 31.0. The summed E-state index contributed by atoms with van der Waals surface area (Å²) in [5.74, 6) is -1.54. The molecule has 120 valence electrons. The minimum Gasteiger partial charge on any atom is -0.504 e. The molecule has 0 aliphatic rings. The molecule has 1 atom stereocenters. The van der Waals surface area contributed by atoms with Crippen molar-refractivity contribution in [2.24, 2.45) is 0 Å². The number of aromatic hydroxyl groups is 2. The molecular formula is C17H17NO5. The minimum absolute atomic E-state index is 0.162. The van der Waals surface area contributed by atoms with Gasteiger partial charge in [-0.3, -0.25) is 9.59 Å². The van der Waals surface area contributed by atoms with Gasteiger partial charge in [-0.25, -0.2) is 0 Å². The van der Waals surface area contributed by atoms with Gasteiger partial charge in [0.05, 0.1) is 0 Å². The highest BCUT2D eigenvalue weighted by Gasteiger charge is 2.18. The number of aldehydes is 1. The van der Waals surface area contributed by atoms with E-state index in [4.69, 9.17) is 0 Å². The fourth-order valence-corrected chi connectivity index (χ4v) is 2.13. The Morgan fingerprint density at radius 1 is 1.04 bits per heavy atom. The summed E-state index contributed by atoms with van der Waals surface area (Å²) in [5.41, 5.74) is 2.01. The SMILES string of the molecule is O=Cc1ccc(CN[C@@H](Cc2ccc(O)c(O)c2)C(=O)O)cc1. The van der Waals surface area contributed by atoms with Crippen LogP contribution in [-0.2, 0) is 17.8 Å². The second kappa shape index (κ2) is 7.42. The van der Waals surface area contributed by atoms with Crippen LogP contribution in [0, 0.1) is 0 Å². The van der Waals surface area contributed by atoms with Gasteiger partial charge in [0.15, 0.2) is 11.5 Å². The Labute approximate surface area is 133 Å². The van der Waals surface area contributed by atoms with E-state index >= 15 is 0 Å². The molecule has 0 unspecified atom stereocenters. The monoisotopic (exact) mass is 315 g/mol. The van der Waals surface area contributed by atoms with Gasteiger partial charge in [0, 0.05) is 12.1 Å². The first-order chi connectivity index (χ1) is 11.0. The molecule has 6 heteroatoms. The molecule has 0 saturated heterocycles. The quantitative estimate of drug-likeness (QED) is 0.457. The van der Waals surface area contributed by atoms with Crippen LogP contribution in [0.25, 0.3) is 0 Å². The fraction of sp³-hybridized carbons (Fsp3) is 0.176. The Morgan fingerprint density at radius 2 is 1.70 bits per heavy atom. The summed E-state index contributed by atoms with van der Waals surface area (Å²) in [6, 6.07) is 10.2. The maximum atomic E-state index is 11.4. The topological polar surface area (TPSA) is 107 Å². The van der Waals surface area contributed by atoms with Crippen molar-refractivity contribution in [1.29, 1.82) is 0 Å². The van der Waals surface area contributed by atoms with Crippen molar-refractivity contribution >= 4 is 12.3 Å². The van der Waals surface area contributed by atoms with Crippen molar-refractivity contribution in [3.8, 4) is 11.5 Å². The molecule has 0 aromatic heterocycles. The molecule has 2 aromatic rings. The van der Waals surface area contributed by atoms with Crippen LogP contribution in [0.3, 0.4) is 0 Å². The van der Waals surface area contributed by atoms with E-state index in [-0.39, 0.29) is 17.9 Å². The first-order valence-electron chi connectivity index (χ1n) is 7.00. The van der Waals surface area contributed by atoms with Gasteiger partial charge in [-0.1, -0.05) is 30.3 Å². The highest BCUT2D eigenvalue weighted by molar-refractivity contribution is 5.75. The lowest BCUT2D eigenvalue weighted by molar-refractivity contribution is -0.139. The van der Waals surface area contributed by atoms with Crippen molar-refractivity contribution in [2.45, 2.75) is 19.0 Å². The van der Waals surface area contributed by atoms with Crippen molar-refractivity contribution in [2.75, 3.05) is 0 Å². The van der Waals surface area contributed by atoms with E-state index in [0.717, 1.165) is 11.8 Å². The van der Waals surface area contributed by atoms with Crippen LogP contribution in [-0.4, -0.2) is 33.6 Å². The third kappa shape index (κ3) is 4.55. The fourth-order valence-electron chi connectivity index (χ4n) is 2.13. The third-order valence-corrected chi connectivity index (χ3v) is 3.45. The number of rotatable bonds is 7. The molecular weight excluding hydrogens is 298 g/mol. The summed E-state index contributed by atoms with van der Waals surface area (Å²) >= 11 is 0. The van der Waals surface area contributed by atoms with Gasteiger partial charge in [0.2, 0.25) is 0 Å². The lowest BCUT2D eigenvalue weighted by atomic mass is 10.0. The predicted octanol–water partition coefficient (Wildman–Crippen LogP) is 1.70. The number of phenolic OH excluding ortho intramolecular Hbond substituents is 2. The molecule has 0 heterocycles. The molecule has 0 aliphatic heterocycles. The van der Waals surface area contributed by atoms with Crippen molar-refractivity contribution in [3.63, 3.8) is 0 Å². The van der Waals surface area contributed by atoms with E-state index in [2.05, 4.69) is 5.32 Å². The molecule has 0 saturated carbocycles. The standard InChI is InChI=1S/C17H17NO5/c19-10-12-3-1-11(2-4-12)9-18-14(17(22)23)7-13-5-6-15(20)16(21)8-13/h1-6,8,10,14,18,20-21H,7,9H2,(H,22,23)/t14-/m0/s1. The van der Waals surface area contributed by atoms with E-state index in [9.17, 15) is 24.9 Å².